The van der Waals surface area contributed by atoms with Crippen LogP contribution in [0.25, 0.3) is 0 Å². The molecule has 6 heteroatoms. The first-order chi connectivity index (χ1) is 12.2. The lowest BCUT2D eigenvalue weighted by molar-refractivity contribution is -0.136. The standard InChI is InChI=1S/C19H25N3O3/c1-24-8-9-25-18-4-2-16(3-5-18)17-12-22(13-17)19(23)10-15-6-7-21(11-15)14-20/h2-5,15,17H,6-13H2,1H3. The van der Waals surface area contributed by atoms with E-state index in [1.807, 2.05) is 17.0 Å². The van der Waals surface area contributed by atoms with E-state index >= 15 is 0 Å². The molecule has 0 aliphatic carbocycles. The third kappa shape index (κ3) is 4.43. The van der Waals surface area contributed by atoms with Crippen molar-refractivity contribution < 1.29 is 14.3 Å². The number of hydrogen-bond acceptors (Lipinski definition) is 5. The van der Waals surface area contributed by atoms with Gasteiger partial charge in [-0.15, -0.1) is 0 Å². The Labute approximate surface area is 148 Å². The summed E-state index contributed by atoms with van der Waals surface area (Å²) in [6, 6.07) is 8.11. The van der Waals surface area contributed by atoms with E-state index < -0.39 is 0 Å². The van der Waals surface area contributed by atoms with Gasteiger partial charge in [-0.05, 0) is 30.0 Å². The van der Waals surface area contributed by atoms with Crippen LogP contribution >= 0.6 is 0 Å². The number of carbonyl (C=O) groups is 1. The van der Waals surface area contributed by atoms with Crippen LogP contribution in [0, 0.1) is 17.4 Å². The van der Waals surface area contributed by atoms with E-state index in [1.54, 1.807) is 12.0 Å². The first kappa shape index (κ1) is 17.6. The van der Waals surface area contributed by atoms with E-state index in [0.29, 0.717) is 31.5 Å². The van der Waals surface area contributed by atoms with Crippen molar-refractivity contribution in [3.05, 3.63) is 29.8 Å². The zero-order valence-electron chi connectivity index (χ0n) is 14.7. The van der Waals surface area contributed by atoms with Gasteiger partial charge in [0.2, 0.25) is 5.91 Å². The Balaban J connectivity index is 1.41. The average Bonchev–Trinajstić information content (AvgIpc) is 3.03. The van der Waals surface area contributed by atoms with Crippen molar-refractivity contribution in [2.75, 3.05) is 46.5 Å². The summed E-state index contributed by atoms with van der Waals surface area (Å²) in [5.74, 6) is 1.81. The van der Waals surface area contributed by atoms with Gasteiger partial charge in [-0.25, -0.2) is 0 Å². The molecule has 2 aliphatic heterocycles. The number of amides is 1. The molecule has 0 aromatic heterocycles. The van der Waals surface area contributed by atoms with Gasteiger partial charge in [0.1, 0.15) is 12.4 Å². The summed E-state index contributed by atoms with van der Waals surface area (Å²) < 4.78 is 10.5. The fourth-order valence-corrected chi connectivity index (χ4v) is 3.44. The summed E-state index contributed by atoms with van der Waals surface area (Å²) in [5.41, 5.74) is 1.25. The predicted molar refractivity (Wildman–Crippen MR) is 93.0 cm³/mol. The lowest BCUT2D eigenvalue weighted by Gasteiger charge is -2.40. The minimum atomic E-state index is 0.223. The molecule has 2 fully saturated rings. The smallest absolute Gasteiger partial charge is 0.222 e. The lowest BCUT2D eigenvalue weighted by atomic mass is 9.90. The van der Waals surface area contributed by atoms with Gasteiger partial charge in [0.05, 0.1) is 6.61 Å². The fourth-order valence-electron chi connectivity index (χ4n) is 3.44. The molecule has 1 aromatic carbocycles. The lowest BCUT2D eigenvalue weighted by Crippen LogP contribution is -2.48. The van der Waals surface area contributed by atoms with Crippen LogP contribution in [0.5, 0.6) is 5.75 Å². The summed E-state index contributed by atoms with van der Waals surface area (Å²) in [5, 5.41) is 8.89. The van der Waals surface area contributed by atoms with Crippen molar-refractivity contribution in [3.8, 4) is 11.9 Å². The fraction of sp³-hybridized carbons (Fsp3) is 0.579. The molecule has 25 heavy (non-hydrogen) atoms. The molecule has 0 spiro atoms. The summed E-state index contributed by atoms with van der Waals surface area (Å²) in [4.78, 5) is 16.0. The maximum Gasteiger partial charge on any atom is 0.222 e. The summed E-state index contributed by atoms with van der Waals surface area (Å²) in [7, 11) is 1.66. The highest BCUT2D eigenvalue weighted by atomic mass is 16.5. The number of hydrogen-bond donors (Lipinski definition) is 0. The van der Waals surface area contributed by atoms with E-state index in [1.165, 1.54) is 5.56 Å². The molecular weight excluding hydrogens is 318 g/mol. The first-order valence-electron chi connectivity index (χ1n) is 8.83. The van der Waals surface area contributed by atoms with Gasteiger partial charge < -0.3 is 19.3 Å². The highest BCUT2D eigenvalue weighted by Gasteiger charge is 2.33. The number of carbonyl (C=O) groups excluding carboxylic acids is 1. The maximum absolute atomic E-state index is 12.3. The molecule has 1 unspecified atom stereocenters. The maximum atomic E-state index is 12.3. The van der Waals surface area contributed by atoms with Crippen molar-refractivity contribution in [2.45, 2.75) is 18.8 Å². The number of likely N-dealkylation sites (tertiary alicyclic amines) is 2. The third-order valence-corrected chi connectivity index (χ3v) is 5.03. The van der Waals surface area contributed by atoms with Crippen LogP contribution in [0.4, 0.5) is 0 Å². The van der Waals surface area contributed by atoms with E-state index in [4.69, 9.17) is 14.7 Å². The Hall–Kier alpha value is -2.26. The van der Waals surface area contributed by atoms with Crippen LogP contribution in [0.2, 0.25) is 0 Å². The van der Waals surface area contributed by atoms with Crippen molar-refractivity contribution in [1.82, 2.24) is 9.80 Å². The van der Waals surface area contributed by atoms with Crippen LogP contribution in [-0.4, -0.2) is 62.2 Å². The molecule has 2 aliphatic rings. The van der Waals surface area contributed by atoms with Gasteiger partial charge in [0.15, 0.2) is 6.19 Å². The SMILES string of the molecule is COCCOc1ccc(C2CN(C(=O)CC3CCN(C#N)C3)C2)cc1. The van der Waals surface area contributed by atoms with E-state index in [0.717, 1.165) is 38.3 Å². The second-order valence-electron chi connectivity index (χ2n) is 6.81. The molecule has 0 bridgehead atoms. The number of rotatable bonds is 7. The Morgan fingerprint density at radius 1 is 1.24 bits per heavy atom. The molecule has 1 atom stereocenters. The topological polar surface area (TPSA) is 65.8 Å². The Bertz CT molecular complexity index is 620. The normalized spacial score (nSPS) is 20.2. The van der Waals surface area contributed by atoms with Crippen molar-refractivity contribution in [1.29, 1.82) is 5.26 Å². The second kappa shape index (κ2) is 8.21. The summed E-state index contributed by atoms with van der Waals surface area (Å²) in [6.45, 7) is 4.22. The zero-order valence-corrected chi connectivity index (χ0v) is 14.7. The summed E-state index contributed by atoms with van der Waals surface area (Å²) in [6.07, 6.45) is 3.68. The molecule has 2 heterocycles. The molecular formula is C19H25N3O3. The van der Waals surface area contributed by atoms with Gasteiger partial charge in [-0.1, -0.05) is 12.1 Å². The average molecular weight is 343 g/mol. The van der Waals surface area contributed by atoms with Gasteiger partial charge >= 0.3 is 0 Å². The zero-order chi connectivity index (χ0) is 17.6. The number of benzene rings is 1. The van der Waals surface area contributed by atoms with Gasteiger partial charge in [0, 0.05) is 45.6 Å². The molecule has 3 rings (SSSR count). The number of nitriles is 1. The van der Waals surface area contributed by atoms with Crippen LogP contribution in [0.15, 0.2) is 24.3 Å². The minimum Gasteiger partial charge on any atom is -0.491 e. The quantitative estimate of drug-likeness (QED) is 0.558. The van der Waals surface area contributed by atoms with Crippen LogP contribution in [0.1, 0.15) is 24.3 Å². The molecule has 2 saturated heterocycles. The molecule has 6 nitrogen and oxygen atoms in total. The monoisotopic (exact) mass is 343 g/mol. The van der Waals surface area contributed by atoms with Gasteiger partial charge in [-0.3, -0.25) is 4.79 Å². The first-order valence-corrected chi connectivity index (χ1v) is 8.83. The number of nitrogens with zero attached hydrogens (tertiary/aromatic N) is 3. The second-order valence-corrected chi connectivity index (χ2v) is 6.81. The summed E-state index contributed by atoms with van der Waals surface area (Å²) >= 11 is 0. The van der Waals surface area contributed by atoms with E-state index in [9.17, 15) is 4.79 Å². The number of ether oxygens (including phenoxy) is 2. The van der Waals surface area contributed by atoms with Gasteiger partial charge in [0.25, 0.3) is 0 Å². The minimum absolute atomic E-state index is 0.223. The molecule has 0 N–H and O–H groups in total. The Kier molecular flexibility index (Phi) is 5.77. The van der Waals surface area contributed by atoms with Crippen LogP contribution in [-0.2, 0) is 9.53 Å². The Morgan fingerprint density at radius 3 is 2.64 bits per heavy atom. The molecule has 0 radical (unpaired) electrons. The van der Waals surface area contributed by atoms with Crippen LogP contribution in [0.3, 0.4) is 0 Å². The Morgan fingerprint density at radius 2 is 2.00 bits per heavy atom. The van der Waals surface area contributed by atoms with Crippen molar-refractivity contribution in [3.63, 3.8) is 0 Å². The third-order valence-electron chi connectivity index (χ3n) is 5.03. The van der Waals surface area contributed by atoms with E-state index in [2.05, 4.69) is 18.3 Å². The van der Waals surface area contributed by atoms with Gasteiger partial charge in [-0.2, -0.15) is 5.26 Å². The molecule has 1 amide bonds. The largest absolute Gasteiger partial charge is 0.491 e. The molecule has 1 aromatic rings. The van der Waals surface area contributed by atoms with Crippen molar-refractivity contribution in [2.24, 2.45) is 5.92 Å². The van der Waals surface area contributed by atoms with Crippen molar-refractivity contribution >= 4 is 5.91 Å². The predicted octanol–water partition coefficient (Wildman–Crippen LogP) is 1.83. The van der Waals surface area contributed by atoms with E-state index in [-0.39, 0.29) is 5.91 Å². The van der Waals surface area contributed by atoms with Crippen LogP contribution < -0.4 is 4.74 Å². The highest BCUT2D eigenvalue weighted by Crippen LogP contribution is 2.30. The number of methoxy groups -OCH3 is 1. The molecule has 0 saturated carbocycles. The molecule has 134 valence electrons. The highest BCUT2D eigenvalue weighted by molar-refractivity contribution is 5.77.